The van der Waals surface area contributed by atoms with Gasteiger partial charge in [0.1, 0.15) is 5.75 Å². The molecule has 0 atom stereocenters. The van der Waals surface area contributed by atoms with Gasteiger partial charge in [0.05, 0.1) is 23.3 Å². The quantitative estimate of drug-likeness (QED) is 0.759. The van der Waals surface area contributed by atoms with Crippen LogP contribution in [0.25, 0.3) is 5.57 Å². The maximum Gasteiger partial charge on any atom is 0.272 e. The predicted molar refractivity (Wildman–Crippen MR) is 102 cm³/mol. The molecule has 4 nitrogen and oxygen atoms in total. The molecule has 25 heavy (non-hydrogen) atoms. The highest BCUT2D eigenvalue weighted by Crippen LogP contribution is 2.42. The van der Waals surface area contributed by atoms with E-state index in [0.717, 1.165) is 5.56 Å². The molecule has 0 aliphatic carbocycles. The van der Waals surface area contributed by atoms with Crippen molar-refractivity contribution in [3.8, 4) is 5.75 Å². The first-order chi connectivity index (χ1) is 12.0. The summed E-state index contributed by atoms with van der Waals surface area (Å²) in [4.78, 5) is 27.9. The molecule has 5 heteroatoms. The van der Waals surface area contributed by atoms with Crippen molar-refractivity contribution in [3.05, 3.63) is 65.1 Å². The molecule has 0 spiro atoms. The Hall–Kier alpha value is -2.53. The number of nitrogens with zero attached hydrogens (tertiary/aromatic N) is 1. The molecule has 2 aromatic rings. The molecule has 2 amide bonds. The van der Waals surface area contributed by atoms with Crippen molar-refractivity contribution < 1.29 is 14.3 Å². The van der Waals surface area contributed by atoms with Gasteiger partial charge < -0.3 is 4.74 Å². The Morgan fingerprint density at radius 2 is 1.56 bits per heavy atom. The van der Waals surface area contributed by atoms with Gasteiger partial charge in [-0.25, -0.2) is 4.90 Å². The third-order valence-corrected chi connectivity index (χ3v) is 4.87. The minimum atomic E-state index is -0.316. The third kappa shape index (κ3) is 3.20. The Balaban J connectivity index is 2.13. The minimum absolute atomic E-state index is 0.183. The number of imide groups is 1. The number of carbonyl (C=O) groups is 2. The van der Waals surface area contributed by atoms with Crippen LogP contribution >= 0.6 is 11.8 Å². The van der Waals surface area contributed by atoms with Gasteiger partial charge in [0, 0.05) is 5.25 Å². The van der Waals surface area contributed by atoms with E-state index >= 15 is 0 Å². The number of hydrogen-bond donors (Lipinski definition) is 0. The fourth-order valence-electron chi connectivity index (χ4n) is 2.75. The van der Waals surface area contributed by atoms with Gasteiger partial charge in [-0.15, -0.1) is 11.8 Å². The van der Waals surface area contributed by atoms with Gasteiger partial charge >= 0.3 is 0 Å². The second-order valence-electron chi connectivity index (χ2n) is 5.85. The fourth-order valence-corrected chi connectivity index (χ4v) is 3.73. The second kappa shape index (κ2) is 7.15. The lowest BCUT2D eigenvalue weighted by Crippen LogP contribution is -2.31. The monoisotopic (exact) mass is 353 g/mol. The van der Waals surface area contributed by atoms with E-state index in [1.165, 1.54) is 23.8 Å². The van der Waals surface area contributed by atoms with Crippen LogP contribution in [0.4, 0.5) is 5.69 Å². The molecule has 0 saturated heterocycles. The molecule has 1 aliphatic rings. The molecule has 0 saturated carbocycles. The Bertz CT molecular complexity index is 843. The van der Waals surface area contributed by atoms with E-state index in [0.29, 0.717) is 21.9 Å². The highest BCUT2D eigenvalue weighted by molar-refractivity contribution is 8.04. The Kier molecular flexibility index (Phi) is 4.95. The van der Waals surface area contributed by atoms with Crippen LogP contribution in [0.15, 0.2) is 59.5 Å². The van der Waals surface area contributed by atoms with Crippen molar-refractivity contribution in [3.63, 3.8) is 0 Å². The summed E-state index contributed by atoms with van der Waals surface area (Å²) < 4.78 is 5.34. The van der Waals surface area contributed by atoms with Crippen LogP contribution in [0.3, 0.4) is 0 Å². The van der Waals surface area contributed by atoms with E-state index in [1.54, 1.807) is 18.2 Å². The van der Waals surface area contributed by atoms with Crippen molar-refractivity contribution in [1.82, 2.24) is 0 Å². The average Bonchev–Trinajstić information content (AvgIpc) is 2.85. The summed E-state index contributed by atoms with van der Waals surface area (Å²) in [6.45, 7) is 4.01. The summed E-state index contributed by atoms with van der Waals surface area (Å²) >= 11 is 1.42. The molecule has 1 aliphatic heterocycles. The number of hydrogen-bond acceptors (Lipinski definition) is 4. The maximum absolute atomic E-state index is 13.2. The molecule has 0 bridgehead atoms. The largest absolute Gasteiger partial charge is 0.495 e. The fraction of sp³-hybridized carbons (Fsp3) is 0.200. The van der Waals surface area contributed by atoms with Crippen LogP contribution in [0, 0.1) is 0 Å². The Labute approximate surface area is 151 Å². The summed E-state index contributed by atoms with van der Waals surface area (Å²) in [5.41, 5.74) is 1.67. The molecular weight excluding hydrogens is 334 g/mol. The molecular formula is C20H19NO3S. The van der Waals surface area contributed by atoms with Gasteiger partial charge in [0.25, 0.3) is 11.8 Å². The first-order valence-corrected chi connectivity index (χ1v) is 8.90. The van der Waals surface area contributed by atoms with E-state index in [-0.39, 0.29) is 17.1 Å². The summed E-state index contributed by atoms with van der Waals surface area (Å²) in [5.74, 6) is -0.122. The topological polar surface area (TPSA) is 46.6 Å². The second-order valence-corrected chi connectivity index (χ2v) is 7.44. The zero-order chi connectivity index (χ0) is 18.0. The van der Waals surface area contributed by atoms with E-state index < -0.39 is 0 Å². The van der Waals surface area contributed by atoms with Gasteiger partial charge in [-0.1, -0.05) is 56.3 Å². The smallest absolute Gasteiger partial charge is 0.272 e. The normalized spacial score (nSPS) is 14.6. The summed E-state index contributed by atoms with van der Waals surface area (Å²) in [5, 5.41) is 0.183. The van der Waals surface area contributed by atoms with Gasteiger partial charge in [0.2, 0.25) is 0 Å². The van der Waals surface area contributed by atoms with Gasteiger partial charge in [0.15, 0.2) is 0 Å². The predicted octanol–water partition coefficient (Wildman–Crippen LogP) is 4.12. The molecule has 0 fully saturated rings. The third-order valence-electron chi connectivity index (χ3n) is 3.78. The van der Waals surface area contributed by atoms with Crippen molar-refractivity contribution in [2.24, 2.45) is 0 Å². The Morgan fingerprint density at radius 3 is 2.20 bits per heavy atom. The van der Waals surface area contributed by atoms with Crippen molar-refractivity contribution >= 4 is 34.8 Å². The number of anilines is 1. The molecule has 0 unspecified atom stereocenters. The Morgan fingerprint density at radius 1 is 0.920 bits per heavy atom. The highest BCUT2D eigenvalue weighted by Gasteiger charge is 2.41. The van der Waals surface area contributed by atoms with E-state index in [2.05, 4.69) is 0 Å². The number of benzene rings is 2. The molecule has 1 heterocycles. The number of methoxy groups -OCH3 is 1. The maximum atomic E-state index is 13.2. The summed E-state index contributed by atoms with van der Waals surface area (Å²) in [6.07, 6.45) is 0. The minimum Gasteiger partial charge on any atom is -0.495 e. The molecule has 3 rings (SSSR count). The van der Waals surface area contributed by atoms with Crippen molar-refractivity contribution in [2.75, 3.05) is 12.0 Å². The van der Waals surface area contributed by atoms with E-state index in [1.807, 2.05) is 50.2 Å². The van der Waals surface area contributed by atoms with Crippen LogP contribution in [-0.4, -0.2) is 24.2 Å². The highest BCUT2D eigenvalue weighted by atomic mass is 32.2. The van der Waals surface area contributed by atoms with Crippen molar-refractivity contribution in [2.45, 2.75) is 19.1 Å². The number of para-hydroxylation sites is 2. The van der Waals surface area contributed by atoms with E-state index in [4.69, 9.17) is 4.74 Å². The van der Waals surface area contributed by atoms with Gasteiger partial charge in [-0.2, -0.15) is 0 Å². The first kappa shape index (κ1) is 17.3. The number of carbonyl (C=O) groups excluding carboxylic acids is 2. The molecule has 2 aromatic carbocycles. The van der Waals surface area contributed by atoms with Crippen LogP contribution in [0.1, 0.15) is 19.4 Å². The molecule has 0 aromatic heterocycles. The first-order valence-electron chi connectivity index (χ1n) is 8.02. The summed E-state index contributed by atoms with van der Waals surface area (Å²) in [7, 11) is 1.53. The van der Waals surface area contributed by atoms with Crippen LogP contribution in [0.5, 0.6) is 5.75 Å². The molecule has 0 N–H and O–H groups in total. The lowest BCUT2D eigenvalue weighted by atomic mass is 10.1. The zero-order valence-corrected chi connectivity index (χ0v) is 15.2. The average molecular weight is 353 g/mol. The van der Waals surface area contributed by atoms with E-state index in [9.17, 15) is 9.59 Å². The SMILES string of the molecule is COc1ccccc1N1C(=O)C(SC(C)C)=C(c2ccccc2)C1=O. The lowest BCUT2D eigenvalue weighted by Gasteiger charge is -2.18. The molecule has 0 radical (unpaired) electrons. The van der Waals surface area contributed by atoms with Crippen LogP contribution in [-0.2, 0) is 9.59 Å². The number of thioether (sulfide) groups is 1. The lowest BCUT2D eigenvalue weighted by molar-refractivity contribution is -0.119. The summed E-state index contributed by atoms with van der Waals surface area (Å²) in [6, 6.07) is 16.4. The zero-order valence-electron chi connectivity index (χ0n) is 14.4. The number of rotatable bonds is 5. The van der Waals surface area contributed by atoms with Gasteiger partial charge in [-0.3, -0.25) is 9.59 Å². The molecule has 128 valence electrons. The van der Waals surface area contributed by atoms with Gasteiger partial charge in [-0.05, 0) is 17.7 Å². The van der Waals surface area contributed by atoms with Crippen molar-refractivity contribution in [1.29, 1.82) is 0 Å². The standard InChI is InChI=1S/C20H19NO3S/c1-13(2)25-18-17(14-9-5-4-6-10-14)19(22)21(20(18)23)15-11-7-8-12-16(15)24-3/h4-13H,1-3H3. The van der Waals surface area contributed by atoms with Crippen LogP contribution in [0.2, 0.25) is 0 Å². The number of amides is 2. The van der Waals surface area contributed by atoms with Crippen LogP contribution < -0.4 is 9.64 Å². The number of ether oxygens (including phenoxy) is 1.